The van der Waals surface area contributed by atoms with E-state index in [-0.39, 0.29) is 5.82 Å². The molecule has 0 radical (unpaired) electrons. The molecule has 170 valence electrons. The molecule has 1 spiro atoms. The molecule has 1 saturated heterocycles. The highest BCUT2D eigenvalue weighted by molar-refractivity contribution is 5.84. The first-order valence-electron chi connectivity index (χ1n) is 12.2. The topological polar surface area (TPSA) is 51.3 Å². The van der Waals surface area contributed by atoms with Gasteiger partial charge < -0.3 is 0 Å². The van der Waals surface area contributed by atoms with E-state index in [1.54, 1.807) is 10.6 Å². The molecule has 7 rings (SSSR count). The first-order chi connectivity index (χ1) is 16.0. The number of imidazole rings is 1. The third-order valence-electron chi connectivity index (χ3n) is 8.00. The second-order valence-corrected chi connectivity index (χ2v) is 10.6. The summed E-state index contributed by atoms with van der Waals surface area (Å²) in [5, 5.41) is 10.3. The number of rotatable bonds is 4. The highest BCUT2D eigenvalue weighted by atomic mass is 19.1. The van der Waals surface area contributed by atoms with E-state index in [9.17, 15) is 0 Å². The molecule has 1 aromatic carbocycles. The summed E-state index contributed by atoms with van der Waals surface area (Å²) in [6, 6.07) is 5.93. The first kappa shape index (κ1) is 19.6. The van der Waals surface area contributed by atoms with Crippen molar-refractivity contribution in [2.75, 3.05) is 13.1 Å². The molecule has 1 atom stereocenters. The maximum Gasteiger partial charge on any atom is 0.156 e. The summed E-state index contributed by atoms with van der Waals surface area (Å²) in [5.74, 6) is 0.649. The van der Waals surface area contributed by atoms with Crippen molar-refractivity contribution in [1.82, 2.24) is 29.3 Å². The van der Waals surface area contributed by atoms with E-state index in [0.717, 1.165) is 58.9 Å². The van der Waals surface area contributed by atoms with E-state index in [1.807, 2.05) is 43.1 Å². The van der Waals surface area contributed by atoms with Gasteiger partial charge in [0.1, 0.15) is 5.52 Å². The highest BCUT2D eigenvalue weighted by Gasteiger charge is 2.52. The van der Waals surface area contributed by atoms with Gasteiger partial charge in [-0.25, -0.2) is 13.9 Å². The maximum atomic E-state index is 15.2. The van der Waals surface area contributed by atoms with Crippen LogP contribution >= 0.6 is 0 Å². The van der Waals surface area contributed by atoms with E-state index < -0.39 is 0 Å². The molecule has 4 aromatic rings. The summed E-state index contributed by atoms with van der Waals surface area (Å²) < 4.78 is 19.0. The number of piperidine rings is 1. The molecule has 0 amide bonds. The SMILES string of the molecule is Cc1cn2nc(-c3cc(F)c4nn(C5CCN(CC6CC6)C6(CC6)C5)cc4c3)cc(C)c2n1. The van der Waals surface area contributed by atoms with E-state index >= 15 is 4.39 Å². The summed E-state index contributed by atoms with van der Waals surface area (Å²) in [6.45, 7) is 6.39. The Kier molecular flexibility index (Phi) is 4.08. The minimum atomic E-state index is -0.282. The van der Waals surface area contributed by atoms with Crippen LogP contribution in [-0.4, -0.2) is 47.9 Å². The second kappa shape index (κ2) is 6.86. The van der Waals surface area contributed by atoms with Gasteiger partial charge in [0.05, 0.1) is 23.6 Å². The minimum Gasteiger partial charge on any atom is -0.297 e. The first-order valence-corrected chi connectivity index (χ1v) is 12.2. The second-order valence-electron chi connectivity index (χ2n) is 10.6. The number of halogens is 1. The van der Waals surface area contributed by atoms with Crippen molar-refractivity contribution in [3.05, 3.63) is 47.7 Å². The molecular formula is C26H29FN6. The van der Waals surface area contributed by atoms with Crippen molar-refractivity contribution in [1.29, 1.82) is 0 Å². The zero-order valence-corrected chi connectivity index (χ0v) is 19.3. The predicted molar refractivity (Wildman–Crippen MR) is 126 cm³/mol. The molecule has 3 aliphatic rings. The Morgan fingerprint density at radius 2 is 1.91 bits per heavy atom. The van der Waals surface area contributed by atoms with Crippen LogP contribution in [-0.2, 0) is 0 Å². The fraction of sp³-hybridized carbons (Fsp3) is 0.500. The molecule has 3 aromatic heterocycles. The maximum absolute atomic E-state index is 15.2. The average molecular weight is 445 g/mol. The van der Waals surface area contributed by atoms with Crippen molar-refractivity contribution in [2.45, 2.75) is 64.0 Å². The fourth-order valence-electron chi connectivity index (χ4n) is 5.83. The zero-order chi connectivity index (χ0) is 22.3. The van der Waals surface area contributed by atoms with Crippen LogP contribution in [0.15, 0.2) is 30.6 Å². The Morgan fingerprint density at radius 1 is 1.06 bits per heavy atom. The van der Waals surface area contributed by atoms with E-state index in [2.05, 4.69) is 9.88 Å². The van der Waals surface area contributed by atoms with Gasteiger partial charge in [0.2, 0.25) is 0 Å². The van der Waals surface area contributed by atoms with E-state index in [0.29, 0.717) is 17.1 Å². The van der Waals surface area contributed by atoms with Crippen LogP contribution in [0.4, 0.5) is 4.39 Å². The Balaban J connectivity index is 1.21. The van der Waals surface area contributed by atoms with Gasteiger partial charge in [0, 0.05) is 35.8 Å². The molecule has 1 aliphatic heterocycles. The van der Waals surface area contributed by atoms with Crippen molar-refractivity contribution in [3.63, 3.8) is 0 Å². The normalized spacial score (nSPS) is 22.6. The summed E-state index contributed by atoms with van der Waals surface area (Å²) >= 11 is 0. The Morgan fingerprint density at radius 3 is 2.70 bits per heavy atom. The zero-order valence-electron chi connectivity index (χ0n) is 19.3. The lowest BCUT2D eigenvalue weighted by molar-refractivity contribution is 0.0882. The largest absolute Gasteiger partial charge is 0.297 e. The molecule has 0 N–H and O–H groups in total. The summed E-state index contributed by atoms with van der Waals surface area (Å²) in [6.07, 6.45) is 11.6. The molecule has 2 saturated carbocycles. The molecule has 6 nitrogen and oxygen atoms in total. The minimum absolute atomic E-state index is 0.282. The lowest BCUT2D eigenvalue weighted by atomic mass is 9.94. The number of nitrogens with zero attached hydrogens (tertiary/aromatic N) is 6. The van der Waals surface area contributed by atoms with Crippen LogP contribution in [0.25, 0.3) is 27.8 Å². The van der Waals surface area contributed by atoms with Crippen LogP contribution in [0.5, 0.6) is 0 Å². The number of aromatic nitrogens is 5. The Labute approximate surface area is 192 Å². The van der Waals surface area contributed by atoms with Gasteiger partial charge in [-0.05, 0) is 82.1 Å². The number of hydrogen-bond acceptors (Lipinski definition) is 4. The van der Waals surface area contributed by atoms with Gasteiger partial charge in [0.25, 0.3) is 0 Å². The molecule has 1 unspecified atom stereocenters. The quantitative estimate of drug-likeness (QED) is 0.440. The summed E-state index contributed by atoms with van der Waals surface area (Å²) in [4.78, 5) is 7.28. The molecule has 33 heavy (non-hydrogen) atoms. The third-order valence-corrected chi connectivity index (χ3v) is 8.00. The van der Waals surface area contributed by atoms with Crippen molar-refractivity contribution in [2.24, 2.45) is 5.92 Å². The molecule has 4 heterocycles. The highest BCUT2D eigenvalue weighted by Crippen LogP contribution is 2.52. The van der Waals surface area contributed by atoms with Gasteiger partial charge in [-0.15, -0.1) is 0 Å². The number of likely N-dealkylation sites (tertiary alicyclic amines) is 1. The van der Waals surface area contributed by atoms with Crippen LogP contribution in [0.2, 0.25) is 0 Å². The molecule has 0 bridgehead atoms. The van der Waals surface area contributed by atoms with Crippen molar-refractivity contribution >= 4 is 16.6 Å². The summed E-state index contributed by atoms with van der Waals surface area (Å²) in [5.41, 5.74) is 5.14. The predicted octanol–water partition coefficient (Wildman–Crippen LogP) is 5.08. The number of benzene rings is 1. The number of fused-ring (bicyclic) bond motifs is 2. The van der Waals surface area contributed by atoms with Gasteiger partial charge in [-0.1, -0.05) is 0 Å². The summed E-state index contributed by atoms with van der Waals surface area (Å²) in [7, 11) is 0. The van der Waals surface area contributed by atoms with Gasteiger partial charge >= 0.3 is 0 Å². The Bertz CT molecular complexity index is 1390. The molecule has 2 aliphatic carbocycles. The monoisotopic (exact) mass is 444 g/mol. The molecule has 7 heteroatoms. The lowest BCUT2D eigenvalue weighted by Crippen LogP contribution is -2.46. The average Bonchev–Trinajstić information content (AvgIpc) is 3.67. The van der Waals surface area contributed by atoms with Crippen LogP contribution in [0, 0.1) is 25.6 Å². The molecule has 3 fully saturated rings. The van der Waals surface area contributed by atoms with E-state index in [4.69, 9.17) is 10.2 Å². The third kappa shape index (κ3) is 3.28. The van der Waals surface area contributed by atoms with Crippen LogP contribution in [0.1, 0.15) is 55.8 Å². The number of aryl methyl sites for hydroxylation is 2. The fourth-order valence-corrected chi connectivity index (χ4v) is 5.83. The van der Waals surface area contributed by atoms with E-state index in [1.165, 1.54) is 32.2 Å². The number of hydrogen-bond donors (Lipinski definition) is 0. The standard InChI is InChI=1S/C26H29FN6/c1-16-9-23(29-33-13-17(2)28-25(16)33)19-10-20-15-32(30-24(20)22(27)11-19)21-5-8-31(14-18-3-4-18)26(12-21)6-7-26/h9-11,13,15,18,21H,3-8,12,14H2,1-2H3. The van der Waals surface area contributed by atoms with Crippen molar-refractivity contribution in [3.8, 4) is 11.3 Å². The molecular weight excluding hydrogens is 415 g/mol. The van der Waals surface area contributed by atoms with Crippen LogP contribution < -0.4 is 0 Å². The van der Waals surface area contributed by atoms with Crippen molar-refractivity contribution < 1.29 is 4.39 Å². The van der Waals surface area contributed by atoms with Gasteiger partial charge in [0.15, 0.2) is 11.5 Å². The van der Waals surface area contributed by atoms with Crippen LogP contribution in [0.3, 0.4) is 0 Å². The van der Waals surface area contributed by atoms with Gasteiger partial charge in [-0.3, -0.25) is 9.58 Å². The smallest absolute Gasteiger partial charge is 0.156 e. The van der Waals surface area contributed by atoms with Gasteiger partial charge in [-0.2, -0.15) is 10.2 Å². The Hall–Kier alpha value is -2.80. The lowest BCUT2D eigenvalue weighted by Gasteiger charge is -2.40.